The number of hydrogen-bond donors (Lipinski definition) is 0. The summed E-state index contributed by atoms with van der Waals surface area (Å²) in [6.45, 7) is 1.63. The Morgan fingerprint density at radius 2 is 1.84 bits per heavy atom. The molecule has 0 bridgehead atoms. The molecule has 2 nitrogen and oxygen atoms in total. The molecular weight excluding hydrogens is 262 g/mol. The van der Waals surface area contributed by atoms with Crippen LogP contribution >= 0.6 is 0 Å². The van der Waals surface area contributed by atoms with Gasteiger partial charge in [0, 0.05) is 19.7 Å². The summed E-state index contributed by atoms with van der Waals surface area (Å²) in [5.41, 5.74) is -1.53. The summed E-state index contributed by atoms with van der Waals surface area (Å²) in [6, 6.07) is 3.80. The van der Waals surface area contributed by atoms with Crippen LogP contribution in [0.25, 0.3) is 5.70 Å². The molecule has 0 N–H and O–H groups in total. The van der Waals surface area contributed by atoms with Crippen molar-refractivity contribution in [1.29, 1.82) is 0 Å². The van der Waals surface area contributed by atoms with E-state index in [9.17, 15) is 22.4 Å². The summed E-state index contributed by atoms with van der Waals surface area (Å²) in [7, 11) is 2.65. The molecule has 0 amide bonds. The SMILES string of the molecule is Cc1ccc(F)c(/C(=C(\C=O)C(F)(F)F)N(C)C)c1. The quantitative estimate of drug-likeness (QED) is 0.480. The second kappa shape index (κ2) is 5.42. The van der Waals surface area contributed by atoms with Crippen molar-refractivity contribution in [2.24, 2.45) is 0 Å². The van der Waals surface area contributed by atoms with Gasteiger partial charge in [0.15, 0.2) is 6.29 Å². The molecule has 0 aliphatic carbocycles. The standard InChI is InChI=1S/C13H13F4NO/c1-8-4-5-11(14)9(6-8)12(18(2)3)10(7-19)13(15,16)17/h4-7H,1-3H3/b12-10-. The van der Waals surface area contributed by atoms with Crippen LogP contribution in [0, 0.1) is 12.7 Å². The zero-order valence-corrected chi connectivity index (χ0v) is 10.7. The van der Waals surface area contributed by atoms with Gasteiger partial charge >= 0.3 is 6.18 Å². The number of rotatable bonds is 3. The number of carbonyl (C=O) groups excluding carboxylic acids is 1. The van der Waals surface area contributed by atoms with Crippen LogP contribution in [0.1, 0.15) is 11.1 Å². The Morgan fingerprint density at radius 3 is 2.26 bits per heavy atom. The lowest BCUT2D eigenvalue weighted by Gasteiger charge is -2.22. The third kappa shape index (κ3) is 3.33. The van der Waals surface area contributed by atoms with E-state index in [1.165, 1.54) is 26.2 Å². The zero-order chi connectivity index (χ0) is 14.8. The van der Waals surface area contributed by atoms with E-state index in [4.69, 9.17) is 0 Å². The topological polar surface area (TPSA) is 20.3 Å². The average Bonchev–Trinajstić information content (AvgIpc) is 2.27. The Labute approximate surface area is 108 Å². The van der Waals surface area contributed by atoms with E-state index in [0.717, 1.165) is 11.0 Å². The minimum Gasteiger partial charge on any atom is -0.377 e. The zero-order valence-electron chi connectivity index (χ0n) is 10.7. The fourth-order valence-corrected chi connectivity index (χ4v) is 1.70. The van der Waals surface area contributed by atoms with Crippen LogP contribution in [0.15, 0.2) is 23.8 Å². The predicted octanol–water partition coefficient (Wildman–Crippen LogP) is 3.17. The number of carbonyl (C=O) groups is 1. The van der Waals surface area contributed by atoms with E-state index < -0.39 is 23.3 Å². The molecule has 0 aliphatic heterocycles. The minimum absolute atomic E-state index is 0.246. The Kier molecular flexibility index (Phi) is 4.34. The molecule has 1 aromatic carbocycles. The van der Waals surface area contributed by atoms with Crippen LogP contribution in [0.3, 0.4) is 0 Å². The summed E-state index contributed by atoms with van der Waals surface area (Å²) < 4.78 is 52.2. The molecular formula is C13H13F4NO. The van der Waals surface area contributed by atoms with Crippen molar-refractivity contribution in [2.75, 3.05) is 14.1 Å². The monoisotopic (exact) mass is 275 g/mol. The van der Waals surface area contributed by atoms with Crippen LogP contribution < -0.4 is 0 Å². The highest BCUT2D eigenvalue weighted by Gasteiger charge is 2.37. The third-order valence-corrected chi connectivity index (χ3v) is 2.50. The van der Waals surface area contributed by atoms with Crippen LogP contribution in [-0.4, -0.2) is 31.5 Å². The van der Waals surface area contributed by atoms with Gasteiger partial charge in [-0.25, -0.2) is 4.39 Å². The van der Waals surface area contributed by atoms with Gasteiger partial charge < -0.3 is 4.90 Å². The third-order valence-electron chi connectivity index (χ3n) is 2.50. The van der Waals surface area contributed by atoms with Crippen molar-refractivity contribution in [3.05, 3.63) is 40.7 Å². The average molecular weight is 275 g/mol. The molecule has 6 heteroatoms. The number of nitrogens with zero attached hydrogens (tertiary/aromatic N) is 1. The molecule has 0 heterocycles. The lowest BCUT2D eigenvalue weighted by atomic mass is 10.0. The van der Waals surface area contributed by atoms with E-state index in [1.807, 2.05) is 0 Å². The largest absolute Gasteiger partial charge is 0.421 e. The number of halogens is 4. The maximum atomic E-state index is 13.7. The van der Waals surface area contributed by atoms with Crippen molar-refractivity contribution >= 4 is 12.0 Å². The van der Waals surface area contributed by atoms with E-state index in [-0.39, 0.29) is 11.8 Å². The summed E-state index contributed by atoms with van der Waals surface area (Å²) in [5, 5.41) is 0. The highest BCUT2D eigenvalue weighted by Crippen LogP contribution is 2.33. The van der Waals surface area contributed by atoms with Gasteiger partial charge in [-0.15, -0.1) is 0 Å². The first-order chi connectivity index (χ1) is 8.68. The van der Waals surface area contributed by atoms with Crippen molar-refractivity contribution in [3.63, 3.8) is 0 Å². The molecule has 0 saturated carbocycles. The fraction of sp³-hybridized carbons (Fsp3) is 0.308. The molecule has 0 saturated heterocycles. The van der Waals surface area contributed by atoms with Gasteiger partial charge in [0.05, 0.1) is 5.70 Å². The Morgan fingerprint density at radius 1 is 1.26 bits per heavy atom. The van der Waals surface area contributed by atoms with E-state index in [2.05, 4.69) is 0 Å². The Hall–Kier alpha value is -1.85. The summed E-state index contributed by atoms with van der Waals surface area (Å²) >= 11 is 0. The Balaban J connectivity index is 3.65. The van der Waals surface area contributed by atoms with Gasteiger partial charge in [0.25, 0.3) is 0 Å². The fourth-order valence-electron chi connectivity index (χ4n) is 1.70. The molecule has 0 atom stereocenters. The molecule has 0 radical (unpaired) electrons. The first-order valence-electron chi connectivity index (χ1n) is 5.39. The van der Waals surface area contributed by atoms with E-state index in [1.54, 1.807) is 6.92 Å². The summed E-state index contributed by atoms with van der Waals surface area (Å²) in [5.74, 6) is -0.808. The summed E-state index contributed by atoms with van der Waals surface area (Å²) in [6.07, 6.45) is -5.13. The normalized spacial score (nSPS) is 13.0. The smallest absolute Gasteiger partial charge is 0.377 e. The van der Waals surface area contributed by atoms with Crippen molar-refractivity contribution in [3.8, 4) is 0 Å². The molecule has 1 aromatic rings. The van der Waals surface area contributed by atoms with Crippen molar-refractivity contribution in [2.45, 2.75) is 13.1 Å². The maximum Gasteiger partial charge on any atom is 0.421 e. The molecule has 0 fully saturated rings. The number of aldehydes is 1. The van der Waals surface area contributed by atoms with Gasteiger partial charge in [-0.05, 0) is 19.1 Å². The Bertz CT molecular complexity index is 518. The predicted molar refractivity (Wildman–Crippen MR) is 63.9 cm³/mol. The van der Waals surface area contributed by atoms with Crippen molar-refractivity contribution in [1.82, 2.24) is 4.90 Å². The second-order valence-electron chi connectivity index (χ2n) is 4.26. The highest BCUT2D eigenvalue weighted by molar-refractivity contribution is 5.89. The first-order valence-corrected chi connectivity index (χ1v) is 5.39. The lowest BCUT2D eigenvalue weighted by Crippen LogP contribution is -2.22. The lowest BCUT2D eigenvalue weighted by molar-refractivity contribution is -0.119. The van der Waals surface area contributed by atoms with Gasteiger partial charge in [-0.3, -0.25) is 4.79 Å². The molecule has 0 spiro atoms. The van der Waals surface area contributed by atoms with Gasteiger partial charge in [-0.1, -0.05) is 11.6 Å². The number of benzene rings is 1. The van der Waals surface area contributed by atoms with E-state index in [0.29, 0.717) is 5.56 Å². The van der Waals surface area contributed by atoms with Crippen LogP contribution in [0.2, 0.25) is 0 Å². The number of hydrogen-bond acceptors (Lipinski definition) is 2. The summed E-state index contributed by atoms with van der Waals surface area (Å²) in [4.78, 5) is 11.8. The number of allylic oxidation sites excluding steroid dienone is 1. The maximum absolute atomic E-state index is 13.7. The highest BCUT2D eigenvalue weighted by atomic mass is 19.4. The number of alkyl halides is 3. The van der Waals surface area contributed by atoms with Gasteiger partial charge in [0.2, 0.25) is 0 Å². The second-order valence-corrected chi connectivity index (χ2v) is 4.26. The molecule has 0 unspecified atom stereocenters. The van der Waals surface area contributed by atoms with E-state index >= 15 is 0 Å². The molecule has 0 aromatic heterocycles. The van der Waals surface area contributed by atoms with Gasteiger partial charge in [-0.2, -0.15) is 13.2 Å². The minimum atomic E-state index is -4.84. The van der Waals surface area contributed by atoms with Crippen molar-refractivity contribution < 1.29 is 22.4 Å². The first kappa shape index (κ1) is 15.2. The van der Waals surface area contributed by atoms with Crippen LogP contribution in [0.5, 0.6) is 0 Å². The molecule has 0 aliphatic rings. The number of aryl methyl sites for hydroxylation is 1. The molecule has 104 valence electrons. The van der Waals surface area contributed by atoms with Crippen LogP contribution in [-0.2, 0) is 4.79 Å². The van der Waals surface area contributed by atoms with Gasteiger partial charge in [0.1, 0.15) is 11.4 Å². The molecule has 1 rings (SSSR count). The molecule has 19 heavy (non-hydrogen) atoms. The van der Waals surface area contributed by atoms with Crippen LogP contribution in [0.4, 0.5) is 17.6 Å².